The lowest BCUT2D eigenvalue weighted by Gasteiger charge is -2.16. The molecule has 0 aromatic heterocycles. The SMILES string of the molecule is CC(Nc1ccc(NC(=O)CCNC(=O)Nc2ccccc2)cc1)c1ccccc1. The molecule has 3 aromatic carbocycles. The Labute approximate surface area is 176 Å². The zero-order valence-electron chi connectivity index (χ0n) is 16.9. The molecule has 1 atom stereocenters. The van der Waals surface area contributed by atoms with Crippen LogP contribution in [-0.4, -0.2) is 18.5 Å². The number of hydrogen-bond donors (Lipinski definition) is 4. The van der Waals surface area contributed by atoms with Crippen LogP contribution in [0.5, 0.6) is 0 Å². The first-order valence-electron chi connectivity index (χ1n) is 9.91. The fourth-order valence-corrected chi connectivity index (χ4v) is 2.93. The van der Waals surface area contributed by atoms with Gasteiger partial charge in [-0.25, -0.2) is 4.79 Å². The average Bonchev–Trinajstić information content (AvgIpc) is 2.76. The fourth-order valence-electron chi connectivity index (χ4n) is 2.93. The summed E-state index contributed by atoms with van der Waals surface area (Å²) in [5.74, 6) is -0.159. The summed E-state index contributed by atoms with van der Waals surface area (Å²) in [6.07, 6.45) is 0.188. The van der Waals surface area contributed by atoms with Gasteiger partial charge in [0.05, 0.1) is 0 Å². The molecule has 6 nitrogen and oxygen atoms in total. The lowest BCUT2D eigenvalue weighted by Crippen LogP contribution is -2.31. The van der Waals surface area contributed by atoms with E-state index in [2.05, 4.69) is 40.3 Å². The maximum Gasteiger partial charge on any atom is 0.319 e. The summed E-state index contributed by atoms with van der Waals surface area (Å²) in [6.45, 7) is 2.35. The Morgan fingerprint density at radius 3 is 1.97 bits per heavy atom. The number of nitrogens with one attached hydrogen (secondary N) is 4. The molecule has 0 bridgehead atoms. The zero-order valence-corrected chi connectivity index (χ0v) is 16.9. The number of anilines is 3. The van der Waals surface area contributed by atoms with Gasteiger partial charge in [0.15, 0.2) is 0 Å². The molecule has 30 heavy (non-hydrogen) atoms. The largest absolute Gasteiger partial charge is 0.379 e. The Morgan fingerprint density at radius 1 is 0.733 bits per heavy atom. The van der Waals surface area contributed by atoms with Crippen LogP contribution in [0.25, 0.3) is 0 Å². The number of benzene rings is 3. The maximum atomic E-state index is 12.1. The van der Waals surface area contributed by atoms with Crippen LogP contribution < -0.4 is 21.3 Å². The minimum Gasteiger partial charge on any atom is -0.379 e. The number of para-hydroxylation sites is 1. The quantitative estimate of drug-likeness (QED) is 0.427. The first-order chi connectivity index (χ1) is 14.6. The van der Waals surface area contributed by atoms with Crippen molar-refractivity contribution in [3.63, 3.8) is 0 Å². The second-order valence-corrected chi connectivity index (χ2v) is 6.90. The molecule has 0 aliphatic rings. The zero-order chi connectivity index (χ0) is 21.2. The van der Waals surface area contributed by atoms with Gasteiger partial charge in [0, 0.05) is 36.1 Å². The number of carbonyl (C=O) groups is 2. The van der Waals surface area contributed by atoms with Crippen molar-refractivity contribution in [1.82, 2.24) is 5.32 Å². The van der Waals surface area contributed by atoms with Gasteiger partial charge in [-0.1, -0.05) is 48.5 Å². The van der Waals surface area contributed by atoms with Crippen LogP contribution in [0.1, 0.15) is 24.9 Å². The highest BCUT2D eigenvalue weighted by Gasteiger charge is 2.07. The van der Waals surface area contributed by atoms with Crippen molar-refractivity contribution in [1.29, 1.82) is 0 Å². The Balaban J connectivity index is 1.39. The van der Waals surface area contributed by atoms with E-state index in [1.165, 1.54) is 5.56 Å². The second kappa shape index (κ2) is 10.7. The summed E-state index contributed by atoms with van der Waals surface area (Å²) >= 11 is 0. The van der Waals surface area contributed by atoms with Gasteiger partial charge in [0.1, 0.15) is 0 Å². The predicted molar refractivity (Wildman–Crippen MR) is 122 cm³/mol. The van der Waals surface area contributed by atoms with Crippen LogP contribution in [0, 0.1) is 0 Å². The Bertz CT molecular complexity index is 944. The van der Waals surface area contributed by atoms with E-state index < -0.39 is 0 Å². The predicted octanol–water partition coefficient (Wildman–Crippen LogP) is 5.01. The minimum atomic E-state index is -0.336. The lowest BCUT2D eigenvalue weighted by atomic mass is 10.1. The Hall–Kier alpha value is -3.80. The summed E-state index contributed by atoms with van der Waals surface area (Å²) < 4.78 is 0. The highest BCUT2D eigenvalue weighted by Crippen LogP contribution is 2.20. The molecule has 0 fully saturated rings. The summed E-state index contributed by atoms with van der Waals surface area (Å²) in [5, 5.41) is 11.7. The normalized spacial score (nSPS) is 11.2. The average molecular weight is 402 g/mol. The van der Waals surface area contributed by atoms with Gasteiger partial charge in [-0.2, -0.15) is 0 Å². The molecule has 3 amide bonds. The van der Waals surface area contributed by atoms with Crippen molar-refractivity contribution in [3.8, 4) is 0 Å². The number of urea groups is 1. The van der Waals surface area contributed by atoms with Crippen molar-refractivity contribution in [3.05, 3.63) is 90.5 Å². The highest BCUT2D eigenvalue weighted by molar-refractivity contribution is 5.92. The molecule has 3 aromatic rings. The summed E-state index contributed by atoms with van der Waals surface area (Å²) in [7, 11) is 0. The molecule has 154 valence electrons. The maximum absolute atomic E-state index is 12.1. The van der Waals surface area contributed by atoms with Gasteiger partial charge in [-0.3, -0.25) is 4.79 Å². The third-order valence-electron chi connectivity index (χ3n) is 4.52. The molecule has 0 radical (unpaired) electrons. The van der Waals surface area contributed by atoms with Crippen molar-refractivity contribution >= 4 is 29.0 Å². The van der Waals surface area contributed by atoms with E-state index in [9.17, 15) is 9.59 Å². The number of rotatable bonds is 8. The molecule has 0 heterocycles. The molecular formula is C24H26N4O2. The number of amides is 3. The van der Waals surface area contributed by atoms with Crippen molar-refractivity contribution in [2.45, 2.75) is 19.4 Å². The second-order valence-electron chi connectivity index (χ2n) is 6.90. The third kappa shape index (κ3) is 6.67. The molecule has 0 saturated heterocycles. The van der Waals surface area contributed by atoms with E-state index in [-0.39, 0.29) is 30.9 Å². The standard InChI is InChI=1S/C24H26N4O2/c1-18(19-8-4-2-5-9-19)26-21-12-14-22(15-13-21)27-23(29)16-17-25-24(30)28-20-10-6-3-7-11-20/h2-15,18,26H,16-17H2,1H3,(H,27,29)(H2,25,28,30). The molecular weight excluding hydrogens is 376 g/mol. The molecule has 3 rings (SSSR count). The van der Waals surface area contributed by atoms with Crippen LogP contribution in [0.2, 0.25) is 0 Å². The van der Waals surface area contributed by atoms with Crippen molar-refractivity contribution < 1.29 is 9.59 Å². The van der Waals surface area contributed by atoms with E-state index >= 15 is 0 Å². The monoisotopic (exact) mass is 402 g/mol. The van der Waals surface area contributed by atoms with Crippen LogP contribution in [-0.2, 0) is 4.79 Å². The first kappa shape index (κ1) is 20.9. The van der Waals surface area contributed by atoms with Gasteiger partial charge in [0.2, 0.25) is 5.91 Å². The molecule has 6 heteroatoms. The molecule has 0 aliphatic heterocycles. The smallest absolute Gasteiger partial charge is 0.319 e. The van der Waals surface area contributed by atoms with Crippen LogP contribution >= 0.6 is 0 Å². The van der Waals surface area contributed by atoms with Crippen molar-refractivity contribution in [2.75, 3.05) is 22.5 Å². The summed E-state index contributed by atoms with van der Waals surface area (Å²) in [5.41, 5.74) is 3.60. The highest BCUT2D eigenvalue weighted by atomic mass is 16.2. The van der Waals surface area contributed by atoms with E-state index in [4.69, 9.17) is 0 Å². The summed E-state index contributed by atoms with van der Waals surface area (Å²) in [6, 6.07) is 26.8. The lowest BCUT2D eigenvalue weighted by molar-refractivity contribution is -0.116. The first-order valence-corrected chi connectivity index (χ1v) is 9.91. The molecule has 4 N–H and O–H groups in total. The molecule has 0 aliphatic carbocycles. The van der Waals surface area contributed by atoms with Gasteiger partial charge in [-0.05, 0) is 48.9 Å². The third-order valence-corrected chi connectivity index (χ3v) is 4.52. The van der Waals surface area contributed by atoms with E-state index in [1.807, 2.05) is 60.7 Å². The van der Waals surface area contributed by atoms with Crippen LogP contribution in [0.4, 0.5) is 21.9 Å². The number of carbonyl (C=O) groups excluding carboxylic acids is 2. The topological polar surface area (TPSA) is 82.3 Å². The Morgan fingerprint density at radius 2 is 1.30 bits per heavy atom. The van der Waals surface area contributed by atoms with Gasteiger partial charge in [-0.15, -0.1) is 0 Å². The van der Waals surface area contributed by atoms with E-state index in [0.29, 0.717) is 11.4 Å². The molecule has 0 saturated carbocycles. The van der Waals surface area contributed by atoms with Crippen LogP contribution in [0.3, 0.4) is 0 Å². The summed E-state index contributed by atoms with van der Waals surface area (Å²) in [4.78, 5) is 23.9. The van der Waals surface area contributed by atoms with Crippen molar-refractivity contribution in [2.24, 2.45) is 0 Å². The molecule has 1 unspecified atom stereocenters. The van der Waals surface area contributed by atoms with E-state index in [0.717, 1.165) is 5.69 Å². The van der Waals surface area contributed by atoms with Crippen LogP contribution in [0.15, 0.2) is 84.9 Å². The minimum absolute atomic E-state index is 0.159. The van der Waals surface area contributed by atoms with Gasteiger partial charge < -0.3 is 21.3 Å². The Kier molecular flexibility index (Phi) is 7.44. The fraction of sp³-hybridized carbons (Fsp3) is 0.167. The van der Waals surface area contributed by atoms with E-state index in [1.54, 1.807) is 12.1 Å². The number of hydrogen-bond acceptors (Lipinski definition) is 3. The van der Waals surface area contributed by atoms with Gasteiger partial charge >= 0.3 is 6.03 Å². The molecule has 0 spiro atoms. The van der Waals surface area contributed by atoms with Gasteiger partial charge in [0.25, 0.3) is 0 Å².